The monoisotopic (exact) mass is 382 g/mol. The topological polar surface area (TPSA) is 83.7 Å². The van der Waals surface area contributed by atoms with Crippen molar-refractivity contribution in [3.8, 4) is 5.75 Å². The van der Waals surface area contributed by atoms with Crippen molar-refractivity contribution in [2.24, 2.45) is 0 Å². The fourth-order valence-electron chi connectivity index (χ4n) is 5.24. The summed E-state index contributed by atoms with van der Waals surface area (Å²) in [5.41, 5.74) is 1.22. The summed E-state index contributed by atoms with van der Waals surface area (Å²) >= 11 is 0. The molecule has 0 atom stereocenters. The lowest BCUT2D eigenvalue weighted by Crippen LogP contribution is -3.09. The second-order valence-electron chi connectivity index (χ2n) is 9.60. The lowest BCUT2D eigenvalue weighted by Gasteiger charge is -2.41. The van der Waals surface area contributed by atoms with Crippen LogP contribution >= 0.6 is 0 Å². The molecule has 5 heteroatoms. The zero-order valence-electron chi connectivity index (χ0n) is 17.1. The van der Waals surface area contributed by atoms with Crippen LogP contribution in [0.5, 0.6) is 5.75 Å². The number of hydrogen-bond donors (Lipinski definition) is 3. The van der Waals surface area contributed by atoms with Crippen LogP contribution in [0.4, 0.5) is 0 Å². The van der Waals surface area contributed by atoms with Crippen molar-refractivity contribution in [2.75, 3.05) is 0 Å². The van der Waals surface area contributed by atoms with E-state index in [0.29, 0.717) is 29.1 Å². The average Bonchev–Trinajstić information content (AvgIpc) is 2.58. The van der Waals surface area contributed by atoms with Gasteiger partial charge >= 0.3 is 5.63 Å². The lowest BCUT2D eigenvalue weighted by atomic mass is 9.79. The number of rotatable bonds is 3. The predicted octanol–water partition coefficient (Wildman–Crippen LogP) is 2.00. The minimum Gasteiger partial charge on any atom is -0.507 e. The highest BCUT2D eigenvalue weighted by Crippen LogP contribution is 2.30. The fourth-order valence-corrected chi connectivity index (χ4v) is 5.24. The highest BCUT2D eigenvalue weighted by Gasteiger charge is 2.43. The van der Waals surface area contributed by atoms with Crippen LogP contribution in [0.2, 0.25) is 0 Å². The fraction of sp³-hybridized carbons (Fsp3) is 0.435. The average molecular weight is 383 g/mol. The van der Waals surface area contributed by atoms with Crippen molar-refractivity contribution >= 4 is 21.7 Å². The van der Waals surface area contributed by atoms with Crippen LogP contribution in [0.15, 0.2) is 45.6 Å². The number of phenols is 1. The summed E-state index contributed by atoms with van der Waals surface area (Å²) in [6.07, 6.45) is 2.18. The molecule has 3 aromatic rings. The zero-order chi connectivity index (χ0) is 20.1. The smallest absolute Gasteiger partial charge is 0.344 e. The van der Waals surface area contributed by atoms with E-state index in [4.69, 9.17) is 4.42 Å². The molecule has 1 aliphatic heterocycles. The van der Waals surface area contributed by atoms with Gasteiger partial charge in [-0.15, -0.1) is 0 Å². The maximum atomic E-state index is 12.5. The van der Waals surface area contributed by atoms with Crippen LogP contribution in [-0.2, 0) is 6.54 Å². The molecule has 2 heterocycles. The Hall–Kier alpha value is -2.37. The highest BCUT2D eigenvalue weighted by atomic mass is 16.4. The van der Waals surface area contributed by atoms with E-state index in [-0.39, 0.29) is 22.5 Å². The van der Waals surface area contributed by atoms with Gasteiger partial charge in [0.2, 0.25) is 0 Å². The first-order valence-electron chi connectivity index (χ1n) is 10.0. The van der Waals surface area contributed by atoms with Gasteiger partial charge in [0.15, 0.2) is 5.58 Å². The first-order valence-corrected chi connectivity index (χ1v) is 10.0. The van der Waals surface area contributed by atoms with Crippen LogP contribution in [0, 0.1) is 0 Å². The molecule has 0 amide bonds. The van der Waals surface area contributed by atoms with Crippen molar-refractivity contribution in [3.05, 3.63) is 52.4 Å². The largest absolute Gasteiger partial charge is 0.507 e. The molecule has 2 aromatic carbocycles. The van der Waals surface area contributed by atoms with Crippen molar-refractivity contribution in [1.82, 2.24) is 0 Å². The molecule has 5 nitrogen and oxygen atoms in total. The molecule has 0 bridgehead atoms. The van der Waals surface area contributed by atoms with Crippen LogP contribution in [-0.4, -0.2) is 22.2 Å². The van der Waals surface area contributed by atoms with Gasteiger partial charge in [0.05, 0.1) is 40.9 Å². The predicted molar refractivity (Wildman–Crippen MR) is 110 cm³/mol. The molecule has 0 unspecified atom stereocenters. The normalized spacial score (nSPS) is 19.3. The summed E-state index contributed by atoms with van der Waals surface area (Å²) in [5, 5.41) is 17.6. The first kappa shape index (κ1) is 19.0. The lowest BCUT2D eigenvalue weighted by molar-refractivity contribution is -0.816. The molecule has 0 aliphatic carbocycles. The van der Waals surface area contributed by atoms with Crippen LogP contribution in [0.3, 0.4) is 0 Å². The Morgan fingerprint density at radius 1 is 1.04 bits per heavy atom. The van der Waals surface area contributed by atoms with E-state index < -0.39 is 0 Å². The molecule has 0 spiro atoms. The Balaban J connectivity index is 1.71. The van der Waals surface area contributed by atoms with E-state index in [0.717, 1.165) is 23.6 Å². The van der Waals surface area contributed by atoms with Gasteiger partial charge in [0.1, 0.15) is 12.3 Å². The Bertz CT molecular complexity index is 1080. The summed E-state index contributed by atoms with van der Waals surface area (Å²) in [6, 6.07) is 11.5. The molecule has 0 radical (unpaired) electrons. The van der Waals surface area contributed by atoms with Crippen molar-refractivity contribution < 1.29 is 20.2 Å². The Morgan fingerprint density at radius 2 is 1.68 bits per heavy atom. The number of fused-ring (bicyclic) bond motifs is 3. The number of hydrogen-bond acceptors (Lipinski definition) is 3. The second kappa shape index (κ2) is 6.61. The summed E-state index contributed by atoms with van der Waals surface area (Å²) in [5.74, 6) is 0.183. The van der Waals surface area contributed by atoms with Gasteiger partial charge in [-0.1, -0.05) is 18.2 Å². The van der Waals surface area contributed by atoms with Crippen LogP contribution < -0.4 is 16.3 Å². The van der Waals surface area contributed by atoms with Gasteiger partial charge in [-0.3, -0.25) is 0 Å². The van der Waals surface area contributed by atoms with E-state index in [2.05, 4.69) is 38.3 Å². The molecule has 1 fully saturated rings. The Kier molecular flexibility index (Phi) is 4.47. The quantitative estimate of drug-likeness (QED) is 0.479. The van der Waals surface area contributed by atoms with E-state index in [1.165, 1.54) is 0 Å². The molecule has 148 valence electrons. The number of aromatic hydroxyl groups is 1. The third kappa shape index (κ3) is 3.52. The number of benzene rings is 2. The van der Waals surface area contributed by atoms with E-state index >= 15 is 0 Å². The minimum atomic E-state index is -0.357. The van der Waals surface area contributed by atoms with Crippen molar-refractivity contribution in [3.63, 3.8) is 0 Å². The van der Waals surface area contributed by atoms with Gasteiger partial charge in [-0.2, -0.15) is 0 Å². The Labute approximate surface area is 164 Å². The van der Waals surface area contributed by atoms with E-state index in [1.54, 1.807) is 12.1 Å². The minimum absolute atomic E-state index is 0.183. The zero-order valence-corrected chi connectivity index (χ0v) is 17.1. The highest BCUT2D eigenvalue weighted by molar-refractivity contribution is 6.05. The summed E-state index contributed by atoms with van der Waals surface area (Å²) in [7, 11) is 0. The molecule has 5 N–H and O–H groups in total. The van der Waals surface area contributed by atoms with Gasteiger partial charge in [-0.25, -0.2) is 4.79 Å². The molecule has 4 rings (SSSR count). The van der Waals surface area contributed by atoms with Crippen LogP contribution in [0.25, 0.3) is 21.7 Å². The Morgan fingerprint density at radius 3 is 2.36 bits per heavy atom. The first-order chi connectivity index (χ1) is 13.2. The standard InChI is InChI=1S/C23H28N2O3/c1-22(2)11-14(12-23(3,4)25-22)24-13-18-19(26)10-9-16-15-7-5-6-8-17(15)21(27)28-20(16)18/h5-10,14,24-26H,11-13H2,1-4H3/p+2. The second-order valence-corrected chi connectivity index (χ2v) is 9.60. The molecular weight excluding hydrogens is 352 g/mol. The van der Waals surface area contributed by atoms with E-state index in [1.807, 2.05) is 24.3 Å². The number of quaternary nitrogens is 2. The summed E-state index contributed by atoms with van der Waals surface area (Å²) in [6.45, 7) is 9.73. The number of piperidine rings is 1. The molecule has 1 aliphatic rings. The molecule has 28 heavy (non-hydrogen) atoms. The van der Waals surface area contributed by atoms with Gasteiger partial charge in [0, 0.05) is 5.39 Å². The van der Waals surface area contributed by atoms with Gasteiger partial charge in [0.25, 0.3) is 0 Å². The van der Waals surface area contributed by atoms with Crippen LogP contribution in [0.1, 0.15) is 46.1 Å². The molecule has 0 saturated carbocycles. The third-order valence-electron chi connectivity index (χ3n) is 5.88. The third-order valence-corrected chi connectivity index (χ3v) is 5.88. The molecule has 1 aromatic heterocycles. The SMILES string of the molecule is CC1(C)CC([NH2+]Cc2c(O)ccc3c2oc(=O)c2ccccc23)CC(C)(C)[NH2+]1. The van der Waals surface area contributed by atoms with E-state index in [9.17, 15) is 9.90 Å². The molecular formula is C23H30N2O3+2. The van der Waals surface area contributed by atoms with Gasteiger partial charge < -0.3 is 20.2 Å². The van der Waals surface area contributed by atoms with Crippen molar-refractivity contribution in [1.29, 1.82) is 0 Å². The van der Waals surface area contributed by atoms with Gasteiger partial charge in [-0.05, 0) is 51.3 Å². The summed E-state index contributed by atoms with van der Waals surface area (Å²) in [4.78, 5) is 12.5. The number of phenolic OH excluding ortho intramolecular Hbond substituents is 1. The number of nitrogens with two attached hydrogens (primary N) is 2. The maximum Gasteiger partial charge on any atom is 0.344 e. The van der Waals surface area contributed by atoms with Crippen molar-refractivity contribution in [2.45, 2.75) is 64.2 Å². The molecule has 1 saturated heterocycles. The summed E-state index contributed by atoms with van der Waals surface area (Å²) < 4.78 is 5.67. The maximum absolute atomic E-state index is 12.5.